The second kappa shape index (κ2) is 8.55. The van der Waals surface area contributed by atoms with Gasteiger partial charge < -0.3 is 10.6 Å². The van der Waals surface area contributed by atoms with E-state index in [0.717, 1.165) is 23.4 Å². The number of hydrogen-bond acceptors (Lipinski definition) is 2. The molecule has 2 bridgehead atoms. The molecule has 2 aliphatic heterocycles. The number of fused-ring (bicyclic) bond motifs is 2. The van der Waals surface area contributed by atoms with Gasteiger partial charge in [0.1, 0.15) is 0 Å². The van der Waals surface area contributed by atoms with Crippen LogP contribution in [-0.4, -0.2) is 18.0 Å². The number of piperidine rings is 1. The van der Waals surface area contributed by atoms with E-state index in [0.29, 0.717) is 30.3 Å². The number of hydrogen-bond donors (Lipinski definition) is 2. The van der Waals surface area contributed by atoms with Crippen LogP contribution in [0.2, 0.25) is 5.02 Å². The Morgan fingerprint density at radius 2 is 1.79 bits per heavy atom. The van der Waals surface area contributed by atoms with Crippen molar-refractivity contribution < 1.29 is 4.79 Å². The molecule has 3 nitrogen and oxygen atoms in total. The number of benzene rings is 1. The van der Waals surface area contributed by atoms with Gasteiger partial charge in [-0.05, 0) is 55.2 Å². The Kier molecular flexibility index (Phi) is 6.97. The Morgan fingerprint density at radius 1 is 1.21 bits per heavy atom. The molecule has 1 amide bonds. The average Bonchev–Trinajstić information content (AvgIpc) is 2.84. The van der Waals surface area contributed by atoms with E-state index in [1.807, 2.05) is 24.3 Å². The van der Waals surface area contributed by atoms with Gasteiger partial charge in [0.15, 0.2) is 0 Å². The molecule has 0 radical (unpaired) electrons. The van der Waals surface area contributed by atoms with Crippen molar-refractivity contribution >= 4 is 29.9 Å². The van der Waals surface area contributed by atoms with Crippen LogP contribution in [0.4, 0.5) is 0 Å². The van der Waals surface area contributed by atoms with E-state index in [9.17, 15) is 4.79 Å². The molecule has 0 saturated carbocycles. The van der Waals surface area contributed by atoms with Gasteiger partial charge in [-0.2, -0.15) is 0 Å². The number of halogens is 2. The molecular formula is C19H28Cl2N2O. The molecule has 134 valence electrons. The molecule has 2 fully saturated rings. The maximum atomic E-state index is 12.5. The van der Waals surface area contributed by atoms with Crippen LogP contribution in [0.15, 0.2) is 24.3 Å². The van der Waals surface area contributed by atoms with Crippen molar-refractivity contribution in [1.29, 1.82) is 0 Å². The first-order chi connectivity index (χ1) is 11.0. The number of nitrogens with one attached hydrogen (secondary N) is 2. The summed E-state index contributed by atoms with van der Waals surface area (Å²) in [4.78, 5) is 12.5. The molecule has 3 rings (SSSR count). The summed E-state index contributed by atoms with van der Waals surface area (Å²) >= 11 is 5.97. The molecule has 1 aromatic carbocycles. The summed E-state index contributed by atoms with van der Waals surface area (Å²) in [7, 11) is 0. The minimum Gasteiger partial charge on any atom is -0.349 e. The fourth-order valence-electron chi connectivity index (χ4n) is 4.14. The third kappa shape index (κ3) is 4.87. The average molecular weight is 371 g/mol. The second-order valence-corrected chi connectivity index (χ2v) is 7.96. The zero-order valence-electron chi connectivity index (χ0n) is 14.4. The third-order valence-corrected chi connectivity index (χ3v) is 5.51. The summed E-state index contributed by atoms with van der Waals surface area (Å²) < 4.78 is 0. The van der Waals surface area contributed by atoms with Crippen LogP contribution in [0.1, 0.15) is 57.6 Å². The van der Waals surface area contributed by atoms with Crippen LogP contribution in [0.3, 0.4) is 0 Å². The van der Waals surface area contributed by atoms with E-state index in [-0.39, 0.29) is 24.4 Å². The largest absolute Gasteiger partial charge is 0.349 e. The SMILES string of the molecule is CC(C)C(NC(=O)CC1CC2CCC(C1)N2)c1ccc(Cl)cc1.Cl. The Hall–Kier alpha value is -0.770. The third-order valence-electron chi connectivity index (χ3n) is 5.26. The van der Waals surface area contributed by atoms with Crippen molar-refractivity contribution in [2.75, 3.05) is 0 Å². The van der Waals surface area contributed by atoms with Gasteiger partial charge in [-0.15, -0.1) is 12.4 Å². The summed E-state index contributed by atoms with van der Waals surface area (Å²) in [6.07, 6.45) is 5.52. The maximum Gasteiger partial charge on any atom is 0.220 e. The van der Waals surface area contributed by atoms with Crippen molar-refractivity contribution in [3.8, 4) is 0 Å². The molecule has 3 unspecified atom stereocenters. The first-order valence-corrected chi connectivity index (χ1v) is 9.20. The highest BCUT2D eigenvalue weighted by Crippen LogP contribution is 2.33. The van der Waals surface area contributed by atoms with Crippen LogP contribution in [0, 0.1) is 11.8 Å². The fourth-order valence-corrected chi connectivity index (χ4v) is 4.27. The first kappa shape index (κ1) is 19.6. The van der Waals surface area contributed by atoms with Gasteiger partial charge in [-0.25, -0.2) is 0 Å². The maximum absolute atomic E-state index is 12.5. The topological polar surface area (TPSA) is 41.1 Å². The highest BCUT2D eigenvalue weighted by molar-refractivity contribution is 6.30. The van der Waals surface area contributed by atoms with Crippen LogP contribution >= 0.6 is 24.0 Å². The summed E-state index contributed by atoms with van der Waals surface area (Å²) in [5.74, 6) is 1.07. The van der Waals surface area contributed by atoms with Crippen molar-refractivity contribution in [2.24, 2.45) is 11.8 Å². The summed E-state index contributed by atoms with van der Waals surface area (Å²) in [6, 6.07) is 9.15. The van der Waals surface area contributed by atoms with Gasteiger partial charge in [0, 0.05) is 23.5 Å². The summed E-state index contributed by atoms with van der Waals surface area (Å²) in [5, 5.41) is 7.62. The Balaban J connectivity index is 0.00000208. The van der Waals surface area contributed by atoms with E-state index in [4.69, 9.17) is 11.6 Å². The first-order valence-electron chi connectivity index (χ1n) is 8.82. The molecular weight excluding hydrogens is 343 g/mol. The van der Waals surface area contributed by atoms with Gasteiger partial charge in [-0.1, -0.05) is 37.6 Å². The molecule has 2 saturated heterocycles. The lowest BCUT2D eigenvalue weighted by molar-refractivity contribution is -0.123. The van der Waals surface area contributed by atoms with Gasteiger partial charge in [0.2, 0.25) is 5.91 Å². The number of amides is 1. The fraction of sp³-hybridized carbons (Fsp3) is 0.632. The molecule has 3 atom stereocenters. The zero-order chi connectivity index (χ0) is 16.4. The quantitative estimate of drug-likeness (QED) is 0.800. The van der Waals surface area contributed by atoms with E-state index in [2.05, 4.69) is 24.5 Å². The highest BCUT2D eigenvalue weighted by atomic mass is 35.5. The molecule has 1 aromatic rings. The molecule has 0 spiro atoms. The molecule has 5 heteroatoms. The smallest absolute Gasteiger partial charge is 0.220 e. The standard InChI is InChI=1S/C19H27ClN2O.ClH/c1-12(2)19(14-3-5-15(20)6-4-14)22-18(23)11-13-9-16-7-8-17(10-13)21-16;/h3-6,12-13,16-17,19,21H,7-11H2,1-2H3,(H,22,23);1H. The number of carbonyl (C=O) groups is 1. The Bertz CT molecular complexity index is 535. The molecule has 2 heterocycles. The summed E-state index contributed by atoms with van der Waals surface area (Å²) in [5.41, 5.74) is 1.13. The Labute approximate surface area is 156 Å². The molecule has 2 aliphatic rings. The number of carbonyl (C=O) groups excluding carboxylic acids is 1. The van der Waals surface area contributed by atoms with Gasteiger partial charge in [0.05, 0.1) is 6.04 Å². The van der Waals surface area contributed by atoms with Crippen LogP contribution in [-0.2, 0) is 4.79 Å². The highest BCUT2D eigenvalue weighted by Gasteiger charge is 2.34. The molecule has 24 heavy (non-hydrogen) atoms. The van der Waals surface area contributed by atoms with E-state index in [1.54, 1.807) is 0 Å². The van der Waals surface area contributed by atoms with Gasteiger partial charge >= 0.3 is 0 Å². The van der Waals surface area contributed by atoms with Gasteiger partial charge in [-0.3, -0.25) is 4.79 Å². The molecule has 0 aliphatic carbocycles. The van der Waals surface area contributed by atoms with Crippen LogP contribution in [0.25, 0.3) is 0 Å². The molecule has 0 aromatic heterocycles. The minimum absolute atomic E-state index is 0. The van der Waals surface area contributed by atoms with Gasteiger partial charge in [0.25, 0.3) is 0 Å². The lowest BCUT2D eigenvalue weighted by Crippen LogP contribution is -2.40. The van der Waals surface area contributed by atoms with Crippen molar-refractivity contribution in [3.05, 3.63) is 34.9 Å². The van der Waals surface area contributed by atoms with E-state index in [1.165, 1.54) is 12.8 Å². The Morgan fingerprint density at radius 3 is 2.33 bits per heavy atom. The number of rotatable bonds is 5. The molecule has 2 N–H and O–H groups in total. The normalized spacial score (nSPS) is 26.8. The van der Waals surface area contributed by atoms with E-state index >= 15 is 0 Å². The zero-order valence-corrected chi connectivity index (χ0v) is 16.0. The van der Waals surface area contributed by atoms with E-state index < -0.39 is 0 Å². The minimum atomic E-state index is 0. The van der Waals surface area contributed by atoms with Crippen molar-refractivity contribution in [3.63, 3.8) is 0 Å². The lowest BCUT2D eigenvalue weighted by Gasteiger charge is -2.30. The second-order valence-electron chi connectivity index (χ2n) is 7.52. The predicted octanol–water partition coefficient (Wildman–Crippen LogP) is 4.50. The monoisotopic (exact) mass is 370 g/mol. The lowest BCUT2D eigenvalue weighted by atomic mass is 9.89. The van der Waals surface area contributed by atoms with Crippen LogP contribution in [0.5, 0.6) is 0 Å². The van der Waals surface area contributed by atoms with Crippen molar-refractivity contribution in [2.45, 2.75) is 64.1 Å². The van der Waals surface area contributed by atoms with Crippen molar-refractivity contribution in [1.82, 2.24) is 10.6 Å². The van der Waals surface area contributed by atoms with Crippen LogP contribution < -0.4 is 10.6 Å². The predicted molar refractivity (Wildman–Crippen MR) is 102 cm³/mol. The summed E-state index contributed by atoms with van der Waals surface area (Å²) in [6.45, 7) is 4.29.